The van der Waals surface area contributed by atoms with Gasteiger partial charge in [-0.15, -0.1) is 0 Å². The largest absolute Gasteiger partial charge is 0.338 e. The SMILES string of the molecule is O=Cc1cccc(CN2CCN(c3ncccn3)CC2)c1. The van der Waals surface area contributed by atoms with Gasteiger partial charge in [-0.25, -0.2) is 9.97 Å². The zero-order chi connectivity index (χ0) is 14.5. The van der Waals surface area contributed by atoms with Crippen LogP contribution in [-0.4, -0.2) is 47.3 Å². The third kappa shape index (κ3) is 3.44. The Hall–Kier alpha value is -2.27. The first-order valence-electron chi connectivity index (χ1n) is 7.13. The molecule has 0 amide bonds. The first-order chi connectivity index (χ1) is 10.3. The maximum absolute atomic E-state index is 10.8. The molecule has 0 radical (unpaired) electrons. The first kappa shape index (κ1) is 13.7. The number of benzene rings is 1. The number of piperazine rings is 1. The maximum Gasteiger partial charge on any atom is 0.225 e. The lowest BCUT2D eigenvalue weighted by Gasteiger charge is -2.34. The predicted octanol–water partition coefficient (Wildman–Crippen LogP) is 1.61. The van der Waals surface area contributed by atoms with Crippen LogP contribution in [0.2, 0.25) is 0 Å². The molecule has 0 spiro atoms. The zero-order valence-electron chi connectivity index (χ0n) is 11.9. The van der Waals surface area contributed by atoms with Gasteiger partial charge in [-0.3, -0.25) is 9.69 Å². The monoisotopic (exact) mass is 282 g/mol. The Morgan fingerprint density at radius 2 is 1.81 bits per heavy atom. The van der Waals surface area contributed by atoms with Gasteiger partial charge in [-0.1, -0.05) is 18.2 Å². The molecule has 21 heavy (non-hydrogen) atoms. The lowest BCUT2D eigenvalue weighted by molar-refractivity contribution is 0.112. The number of aromatic nitrogens is 2. The molecule has 0 atom stereocenters. The van der Waals surface area contributed by atoms with E-state index in [1.54, 1.807) is 12.4 Å². The second-order valence-corrected chi connectivity index (χ2v) is 5.17. The molecular formula is C16H18N4O. The predicted molar refractivity (Wildman–Crippen MR) is 81.4 cm³/mol. The molecule has 0 bridgehead atoms. The quantitative estimate of drug-likeness (QED) is 0.797. The van der Waals surface area contributed by atoms with Crippen LogP contribution in [0.15, 0.2) is 42.7 Å². The lowest BCUT2D eigenvalue weighted by atomic mass is 10.1. The van der Waals surface area contributed by atoms with Crippen molar-refractivity contribution in [3.05, 3.63) is 53.9 Å². The molecule has 2 aromatic rings. The molecule has 0 unspecified atom stereocenters. The van der Waals surface area contributed by atoms with Gasteiger partial charge in [-0.2, -0.15) is 0 Å². The van der Waals surface area contributed by atoms with Crippen molar-refractivity contribution < 1.29 is 4.79 Å². The normalized spacial score (nSPS) is 15.9. The Labute approximate surface area is 124 Å². The highest BCUT2D eigenvalue weighted by Gasteiger charge is 2.18. The Morgan fingerprint density at radius 3 is 2.52 bits per heavy atom. The fourth-order valence-corrected chi connectivity index (χ4v) is 2.58. The fourth-order valence-electron chi connectivity index (χ4n) is 2.58. The van der Waals surface area contributed by atoms with E-state index in [0.717, 1.165) is 50.5 Å². The number of rotatable bonds is 4. The summed E-state index contributed by atoms with van der Waals surface area (Å²) in [5.74, 6) is 0.806. The van der Waals surface area contributed by atoms with Gasteiger partial charge < -0.3 is 4.90 Å². The van der Waals surface area contributed by atoms with Gasteiger partial charge in [0.2, 0.25) is 5.95 Å². The minimum atomic E-state index is 0.740. The summed E-state index contributed by atoms with van der Waals surface area (Å²) in [7, 11) is 0. The van der Waals surface area contributed by atoms with E-state index in [-0.39, 0.29) is 0 Å². The van der Waals surface area contributed by atoms with Crippen molar-refractivity contribution in [1.29, 1.82) is 0 Å². The van der Waals surface area contributed by atoms with Crippen molar-refractivity contribution in [1.82, 2.24) is 14.9 Å². The molecule has 1 aliphatic rings. The Balaban J connectivity index is 1.57. The van der Waals surface area contributed by atoms with Crippen LogP contribution in [0.3, 0.4) is 0 Å². The molecular weight excluding hydrogens is 264 g/mol. The summed E-state index contributed by atoms with van der Waals surface area (Å²) >= 11 is 0. The molecule has 108 valence electrons. The molecule has 1 fully saturated rings. The number of carbonyl (C=O) groups is 1. The van der Waals surface area contributed by atoms with E-state index in [2.05, 4.69) is 25.8 Å². The van der Waals surface area contributed by atoms with Crippen molar-refractivity contribution >= 4 is 12.2 Å². The number of anilines is 1. The molecule has 5 nitrogen and oxygen atoms in total. The Bertz CT molecular complexity index is 594. The summed E-state index contributed by atoms with van der Waals surface area (Å²) in [6.07, 6.45) is 4.45. The van der Waals surface area contributed by atoms with Crippen molar-refractivity contribution in [2.75, 3.05) is 31.1 Å². The molecule has 1 aromatic heterocycles. The van der Waals surface area contributed by atoms with Crippen LogP contribution in [0.25, 0.3) is 0 Å². The number of hydrogen-bond donors (Lipinski definition) is 0. The van der Waals surface area contributed by atoms with Crippen LogP contribution in [0.1, 0.15) is 15.9 Å². The van der Waals surface area contributed by atoms with Gasteiger partial charge in [0, 0.05) is 50.7 Å². The smallest absolute Gasteiger partial charge is 0.225 e. The van der Waals surface area contributed by atoms with E-state index >= 15 is 0 Å². The Kier molecular flexibility index (Phi) is 4.21. The Morgan fingerprint density at radius 1 is 1.05 bits per heavy atom. The topological polar surface area (TPSA) is 49.3 Å². The third-order valence-electron chi connectivity index (χ3n) is 3.70. The summed E-state index contributed by atoms with van der Waals surface area (Å²) in [5.41, 5.74) is 1.92. The molecule has 2 heterocycles. The zero-order valence-corrected chi connectivity index (χ0v) is 11.9. The summed E-state index contributed by atoms with van der Waals surface area (Å²) in [4.78, 5) is 24.0. The van der Waals surface area contributed by atoms with Crippen LogP contribution in [-0.2, 0) is 6.54 Å². The molecule has 1 saturated heterocycles. The first-order valence-corrected chi connectivity index (χ1v) is 7.13. The minimum absolute atomic E-state index is 0.740. The van der Waals surface area contributed by atoms with Crippen LogP contribution in [0.5, 0.6) is 0 Å². The summed E-state index contributed by atoms with van der Waals surface area (Å²) in [6, 6.07) is 9.63. The van der Waals surface area contributed by atoms with Gasteiger partial charge in [0.25, 0.3) is 0 Å². The van der Waals surface area contributed by atoms with E-state index in [1.807, 2.05) is 24.3 Å². The molecule has 1 aliphatic heterocycles. The average Bonchev–Trinajstić information content (AvgIpc) is 2.56. The number of aldehydes is 1. The standard InChI is InChI=1S/C16H18N4O/c21-13-15-4-1-3-14(11-15)12-19-7-9-20(10-8-19)16-17-5-2-6-18-16/h1-6,11,13H,7-10,12H2. The minimum Gasteiger partial charge on any atom is -0.338 e. The summed E-state index contributed by atoms with van der Waals surface area (Å²) in [5, 5.41) is 0. The van der Waals surface area contributed by atoms with Crippen LogP contribution < -0.4 is 4.90 Å². The van der Waals surface area contributed by atoms with Gasteiger partial charge in [0.1, 0.15) is 6.29 Å². The van der Waals surface area contributed by atoms with Gasteiger partial charge in [0.15, 0.2) is 0 Å². The highest BCUT2D eigenvalue weighted by molar-refractivity contribution is 5.74. The number of carbonyl (C=O) groups excluding carboxylic acids is 1. The van der Waals surface area contributed by atoms with Crippen molar-refractivity contribution in [3.8, 4) is 0 Å². The third-order valence-corrected chi connectivity index (χ3v) is 3.70. The van der Waals surface area contributed by atoms with E-state index in [1.165, 1.54) is 5.56 Å². The van der Waals surface area contributed by atoms with Gasteiger partial charge >= 0.3 is 0 Å². The summed E-state index contributed by atoms with van der Waals surface area (Å²) in [6.45, 7) is 4.69. The number of nitrogens with zero attached hydrogens (tertiary/aromatic N) is 4. The fraction of sp³-hybridized carbons (Fsp3) is 0.312. The highest BCUT2D eigenvalue weighted by atomic mass is 16.1. The van der Waals surface area contributed by atoms with Gasteiger partial charge in [0.05, 0.1) is 0 Å². The molecule has 0 aliphatic carbocycles. The second-order valence-electron chi connectivity index (χ2n) is 5.17. The van der Waals surface area contributed by atoms with Gasteiger partial charge in [-0.05, 0) is 17.7 Å². The molecule has 1 aromatic carbocycles. The maximum atomic E-state index is 10.8. The molecule has 0 N–H and O–H groups in total. The lowest BCUT2D eigenvalue weighted by Crippen LogP contribution is -2.46. The number of hydrogen-bond acceptors (Lipinski definition) is 5. The molecule has 3 rings (SSSR count). The average molecular weight is 282 g/mol. The van der Waals surface area contributed by atoms with E-state index < -0.39 is 0 Å². The van der Waals surface area contributed by atoms with Crippen LogP contribution in [0, 0.1) is 0 Å². The van der Waals surface area contributed by atoms with Crippen molar-refractivity contribution in [2.24, 2.45) is 0 Å². The van der Waals surface area contributed by atoms with E-state index in [0.29, 0.717) is 0 Å². The second kappa shape index (κ2) is 6.45. The molecule has 0 saturated carbocycles. The van der Waals surface area contributed by atoms with Crippen LogP contribution in [0.4, 0.5) is 5.95 Å². The van der Waals surface area contributed by atoms with Crippen molar-refractivity contribution in [2.45, 2.75) is 6.54 Å². The molecule has 5 heteroatoms. The van der Waals surface area contributed by atoms with E-state index in [4.69, 9.17) is 0 Å². The van der Waals surface area contributed by atoms with Crippen LogP contribution >= 0.6 is 0 Å². The summed E-state index contributed by atoms with van der Waals surface area (Å²) < 4.78 is 0. The van der Waals surface area contributed by atoms with Crippen molar-refractivity contribution in [3.63, 3.8) is 0 Å². The van der Waals surface area contributed by atoms with E-state index in [9.17, 15) is 4.79 Å². The highest BCUT2D eigenvalue weighted by Crippen LogP contribution is 2.13.